The molecule has 3 rings (SSSR count). The van der Waals surface area contributed by atoms with Crippen LogP contribution in [-0.2, 0) is 9.53 Å². The molecule has 3 heteroatoms. The zero-order valence-electron chi connectivity index (χ0n) is 16.6. The van der Waals surface area contributed by atoms with Crippen molar-refractivity contribution in [3.8, 4) is 0 Å². The highest BCUT2D eigenvalue weighted by molar-refractivity contribution is 5.66. The normalized spacial score (nSPS) is 45.4. The van der Waals surface area contributed by atoms with Gasteiger partial charge in [-0.3, -0.25) is 4.79 Å². The lowest BCUT2D eigenvalue weighted by Gasteiger charge is -2.63. The smallest absolute Gasteiger partial charge is 0.302 e. The molecule has 3 aliphatic carbocycles. The number of rotatable bonds is 4. The van der Waals surface area contributed by atoms with Crippen LogP contribution in [0, 0.1) is 29.1 Å². The zero-order chi connectivity index (χ0) is 18.6. The Balaban J connectivity index is 1.81. The number of aliphatic hydroxyl groups is 1. The molecule has 0 bridgehead atoms. The van der Waals surface area contributed by atoms with Crippen molar-refractivity contribution in [1.82, 2.24) is 0 Å². The lowest BCUT2D eigenvalue weighted by atomic mass is 9.44. The number of esters is 1. The van der Waals surface area contributed by atoms with Crippen molar-refractivity contribution < 1.29 is 14.6 Å². The Morgan fingerprint density at radius 1 is 1.20 bits per heavy atom. The number of fused-ring (bicyclic) bond motifs is 4. The Bertz CT molecular complexity index is 615. The van der Waals surface area contributed by atoms with Crippen LogP contribution >= 0.6 is 0 Å². The van der Waals surface area contributed by atoms with E-state index in [0.717, 1.165) is 12.8 Å². The first-order valence-electron chi connectivity index (χ1n) is 9.81. The number of carbonyl (C=O) groups is 1. The van der Waals surface area contributed by atoms with Crippen LogP contribution in [0.25, 0.3) is 0 Å². The molecule has 0 aliphatic heterocycles. The lowest BCUT2D eigenvalue weighted by molar-refractivity contribution is -0.241. The topological polar surface area (TPSA) is 46.5 Å². The summed E-state index contributed by atoms with van der Waals surface area (Å²) in [5.41, 5.74) is 2.13. The fourth-order valence-electron chi connectivity index (χ4n) is 6.34. The standard InChI is InChI=1S/C22H34O3/c1-13(2)8-7-9-14(3)17-10-11-21(6)20(17)19-15(4)18(25-16(5)23)12-22(19,21)24/h8-9,15,17-20,24H,7,10-12H2,1-6H3. The Morgan fingerprint density at radius 3 is 2.48 bits per heavy atom. The van der Waals surface area contributed by atoms with E-state index >= 15 is 0 Å². The fourth-order valence-corrected chi connectivity index (χ4v) is 6.34. The monoisotopic (exact) mass is 346 g/mol. The number of hydrogen-bond donors (Lipinski definition) is 1. The largest absolute Gasteiger partial charge is 0.462 e. The molecule has 140 valence electrons. The van der Waals surface area contributed by atoms with Crippen molar-refractivity contribution in [2.75, 3.05) is 0 Å². The van der Waals surface area contributed by atoms with E-state index in [1.165, 1.54) is 24.5 Å². The summed E-state index contributed by atoms with van der Waals surface area (Å²) in [6, 6.07) is 0. The number of carbonyl (C=O) groups excluding carboxylic acids is 1. The van der Waals surface area contributed by atoms with Gasteiger partial charge in [0.05, 0.1) is 5.60 Å². The molecule has 3 nitrogen and oxygen atoms in total. The van der Waals surface area contributed by atoms with Gasteiger partial charge in [0.25, 0.3) is 0 Å². The van der Waals surface area contributed by atoms with Gasteiger partial charge in [0.1, 0.15) is 6.10 Å². The van der Waals surface area contributed by atoms with Crippen molar-refractivity contribution in [1.29, 1.82) is 0 Å². The summed E-state index contributed by atoms with van der Waals surface area (Å²) in [4.78, 5) is 11.4. The minimum atomic E-state index is -0.661. The van der Waals surface area contributed by atoms with Gasteiger partial charge in [0.15, 0.2) is 0 Å². The predicted octanol–water partition coefficient (Wildman–Crippen LogP) is 4.65. The maximum absolute atomic E-state index is 11.5. The third-order valence-electron chi connectivity index (χ3n) is 7.60. The summed E-state index contributed by atoms with van der Waals surface area (Å²) in [6.45, 7) is 12.4. The van der Waals surface area contributed by atoms with E-state index in [-0.39, 0.29) is 29.3 Å². The average Bonchev–Trinajstić information content (AvgIpc) is 2.92. The van der Waals surface area contributed by atoms with Gasteiger partial charge in [0.2, 0.25) is 0 Å². The second-order valence-electron chi connectivity index (χ2n) is 9.21. The van der Waals surface area contributed by atoms with Gasteiger partial charge in [-0.05, 0) is 63.7 Å². The Morgan fingerprint density at radius 2 is 1.88 bits per heavy atom. The van der Waals surface area contributed by atoms with Crippen molar-refractivity contribution in [2.45, 2.75) is 78.9 Å². The molecule has 0 saturated heterocycles. The molecule has 3 fully saturated rings. The molecule has 7 atom stereocenters. The quantitative estimate of drug-likeness (QED) is 0.595. The van der Waals surface area contributed by atoms with E-state index in [0.29, 0.717) is 18.3 Å². The summed E-state index contributed by atoms with van der Waals surface area (Å²) in [6.07, 6.45) is 8.34. The first-order valence-corrected chi connectivity index (χ1v) is 9.81. The first kappa shape index (κ1) is 18.7. The summed E-state index contributed by atoms with van der Waals surface area (Å²) >= 11 is 0. The molecular formula is C22H34O3. The molecule has 3 aliphatic rings. The van der Waals surface area contributed by atoms with Gasteiger partial charge >= 0.3 is 5.97 Å². The molecule has 0 aromatic rings. The highest BCUT2D eigenvalue weighted by Crippen LogP contribution is 2.75. The summed E-state index contributed by atoms with van der Waals surface area (Å²) in [7, 11) is 0. The number of ether oxygens (including phenoxy) is 1. The SMILES string of the molecule is CC(=O)OC1CC2(O)C(C1C)C1C(C(C)=CCC=C(C)C)CCC12C. The van der Waals surface area contributed by atoms with E-state index in [1.807, 2.05) is 0 Å². The van der Waals surface area contributed by atoms with Crippen LogP contribution in [0.5, 0.6) is 0 Å². The van der Waals surface area contributed by atoms with Crippen molar-refractivity contribution in [3.63, 3.8) is 0 Å². The molecule has 1 N–H and O–H groups in total. The Hall–Kier alpha value is -1.09. The van der Waals surface area contributed by atoms with Gasteiger partial charge < -0.3 is 9.84 Å². The van der Waals surface area contributed by atoms with Crippen LogP contribution in [0.15, 0.2) is 23.3 Å². The minimum Gasteiger partial charge on any atom is -0.462 e. The van der Waals surface area contributed by atoms with E-state index in [1.54, 1.807) is 0 Å². The maximum Gasteiger partial charge on any atom is 0.302 e. The van der Waals surface area contributed by atoms with Crippen LogP contribution < -0.4 is 0 Å². The van der Waals surface area contributed by atoms with Gasteiger partial charge in [-0.2, -0.15) is 0 Å². The number of hydrogen-bond acceptors (Lipinski definition) is 3. The molecule has 0 heterocycles. The van der Waals surface area contributed by atoms with Crippen LogP contribution in [0.3, 0.4) is 0 Å². The average molecular weight is 347 g/mol. The van der Waals surface area contributed by atoms with E-state index in [9.17, 15) is 9.90 Å². The van der Waals surface area contributed by atoms with Gasteiger partial charge in [-0.1, -0.05) is 37.1 Å². The van der Waals surface area contributed by atoms with Crippen molar-refractivity contribution >= 4 is 5.97 Å². The van der Waals surface area contributed by atoms with Crippen LogP contribution in [0.4, 0.5) is 0 Å². The van der Waals surface area contributed by atoms with Crippen molar-refractivity contribution in [2.24, 2.45) is 29.1 Å². The van der Waals surface area contributed by atoms with Crippen LogP contribution in [0.2, 0.25) is 0 Å². The Kier molecular flexibility index (Phi) is 4.68. The third kappa shape index (κ3) is 2.70. The summed E-state index contributed by atoms with van der Waals surface area (Å²) in [5.74, 6) is 1.32. The molecule has 7 unspecified atom stereocenters. The first-order chi connectivity index (χ1) is 11.6. The second-order valence-corrected chi connectivity index (χ2v) is 9.21. The van der Waals surface area contributed by atoms with E-state index in [2.05, 4.69) is 46.8 Å². The van der Waals surface area contributed by atoms with Gasteiger partial charge in [0, 0.05) is 18.8 Å². The molecule has 25 heavy (non-hydrogen) atoms. The van der Waals surface area contributed by atoms with Crippen molar-refractivity contribution in [3.05, 3.63) is 23.3 Å². The fraction of sp³-hybridized carbons (Fsp3) is 0.773. The molecule has 3 saturated carbocycles. The maximum atomic E-state index is 11.5. The third-order valence-corrected chi connectivity index (χ3v) is 7.60. The Labute approximate surface area is 152 Å². The second kappa shape index (κ2) is 6.26. The zero-order valence-corrected chi connectivity index (χ0v) is 16.6. The summed E-state index contributed by atoms with van der Waals surface area (Å²) in [5, 5.41) is 11.5. The van der Waals surface area contributed by atoms with E-state index in [4.69, 9.17) is 4.74 Å². The highest BCUT2D eigenvalue weighted by Gasteiger charge is 2.77. The molecule has 0 aromatic carbocycles. The predicted molar refractivity (Wildman–Crippen MR) is 99.9 cm³/mol. The van der Waals surface area contributed by atoms with Gasteiger partial charge in [-0.25, -0.2) is 0 Å². The van der Waals surface area contributed by atoms with Gasteiger partial charge in [-0.15, -0.1) is 0 Å². The summed E-state index contributed by atoms with van der Waals surface area (Å²) < 4.78 is 5.55. The molecular weight excluding hydrogens is 312 g/mol. The highest BCUT2D eigenvalue weighted by atomic mass is 16.5. The number of allylic oxidation sites excluding steroid dienone is 4. The minimum absolute atomic E-state index is 0.0307. The van der Waals surface area contributed by atoms with Crippen LogP contribution in [0.1, 0.15) is 67.2 Å². The lowest BCUT2D eigenvalue weighted by Crippen LogP contribution is -2.67. The molecule has 0 radical (unpaired) electrons. The molecule has 0 aromatic heterocycles. The van der Waals surface area contributed by atoms with Crippen LogP contribution in [-0.4, -0.2) is 22.8 Å². The molecule has 0 spiro atoms. The molecule has 0 amide bonds. The van der Waals surface area contributed by atoms with E-state index < -0.39 is 5.60 Å².